The van der Waals surface area contributed by atoms with Crippen molar-refractivity contribution < 1.29 is 9.94 Å². The van der Waals surface area contributed by atoms with Gasteiger partial charge in [0.1, 0.15) is 12.4 Å². The third-order valence-electron chi connectivity index (χ3n) is 2.66. The van der Waals surface area contributed by atoms with Crippen molar-refractivity contribution >= 4 is 29.0 Å². The number of ether oxygens (including phenoxy) is 1. The summed E-state index contributed by atoms with van der Waals surface area (Å²) in [6.07, 6.45) is 0. The Labute approximate surface area is 126 Å². The zero-order valence-electron chi connectivity index (χ0n) is 10.4. The summed E-state index contributed by atoms with van der Waals surface area (Å²) in [5.41, 5.74) is 6.86. The van der Waals surface area contributed by atoms with Crippen molar-refractivity contribution in [1.29, 1.82) is 0 Å². The molecule has 0 unspecified atom stereocenters. The quantitative estimate of drug-likeness (QED) is 0.392. The molecule has 4 nitrogen and oxygen atoms in total. The number of rotatable bonds is 4. The van der Waals surface area contributed by atoms with E-state index in [0.29, 0.717) is 21.4 Å². The van der Waals surface area contributed by atoms with Crippen LogP contribution in [0.2, 0.25) is 10.0 Å². The second-order valence-electron chi connectivity index (χ2n) is 4.01. The molecule has 0 spiro atoms. The summed E-state index contributed by atoms with van der Waals surface area (Å²) in [6, 6.07) is 12.1. The standard InChI is InChI=1S/C14H12Cl2N2O2/c15-10-5-6-12(16)9(7-10)8-20-13-4-2-1-3-11(13)14(17)18-19/h1-7,19H,8H2,(H2,17,18). The maximum absolute atomic E-state index is 8.75. The Morgan fingerprint density at radius 2 is 1.95 bits per heavy atom. The van der Waals surface area contributed by atoms with E-state index < -0.39 is 0 Å². The Balaban J connectivity index is 2.21. The van der Waals surface area contributed by atoms with E-state index in [1.807, 2.05) is 0 Å². The molecule has 0 aromatic heterocycles. The van der Waals surface area contributed by atoms with Gasteiger partial charge in [-0.25, -0.2) is 0 Å². The van der Waals surface area contributed by atoms with Gasteiger partial charge in [-0.2, -0.15) is 0 Å². The number of nitrogens with two attached hydrogens (primary N) is 1. The molecule has 20 heavy (non-hydrogen) atoms. The molecule has 0 aliphatic rings. The maximum atomic E-state index is 8.75. The van der Waals surface area contributed by atoms with Crippen LogP contribution in [0.1, 0.15) is 11.1 Å². The minimum absolute atomic E-state index is 0.0159. The summed E-state index contributed by atoms with van der Waals surface area (Å²) in [4.78, 5) is 0. The molecule has 0 amide bonds. The third-order valence-corrected chi connectivity index (χ3v) is 3.27. The average Bonchev–Trinajstić information content (AvgIpc) is 2.47. The highest BCUT2D eigenvalue weighted by Crippen LogP contribution is 2.24. The molecule has 0 bridgehead atoms. The lowest BCUT2D eigenvalue weighted by Crippen LogP contribution is -2.14. The fourth-order valence-corrected chi connectivity index (χ4v) is 2.03. The lowest BCUT2D eigenvalue weighted by molar-refractivity contribution is 0.303. The first-order chi connectivity index (χ1) is 9.61. The van der Waals surface area contributed by atoms with Crippen LogP contribution in [0.25, 0.3) is 0 Å². The van der Waals surface area contributed by atoms with Gasteiger partial charge in [-0.1, -0.05) is 40.5 Å². The number of hydrogen-bond donors (Lipinski definition) is 2. The molecule has 0 aliphatic carbocycles. The number of oxime groups is 1. The van der Waals surface area contributed by atoms with E-state index in [1.165, 1.54) is 0 Å². The summed E-state index contributed by atoms with van der Waals surface area (Å²) < 4.78 is 5.67. The fourth-order valence-electron chi connectivity index (χ4n) is 1.67. The lowest BCUT2D eigenvalue weighted by atomic mass is 10.2. The van der Waals surface area contributed by atoms with Crippen molar-refractivity contribution in [2.75, 3.05) is 0 Å². The number of halogens is 2. The molecule has 0 heterocycles. The minimum Gasteiger partial charge on any atom is -0.488 e. The average molecular weight is 311 g/mol. The molecule has 104 valence electrons. The van der Waals surface area contributed by atoms with Crippen molar-refractivity contribution in [1.82, 2.24) is 0 Å². The van der Waals surface area contributed by atoms with Crippen molar-refractivity contribution in [3.05, 3.63) is 63.6 Å². The first-order valence-electron chi connectivity index (χ1n) is 5.75. The fraction of sp³-hybridized carbons (Fsp3) is 0.0714. The Hall–Kier alpha value is -1.91. The number of para-hydroxylation sites is 1. The predicted molar refractivity (Wildman–Crippen MR) is 79.7 cm³/mol. The zero-order valence-corrected chi connectivity index (χ0v) is 11.9. The molecule has 0 saturated carbocycles. The molecular formula is C14H12Cl2N2O2. The first-order valence-corrected chi connectivity index (χ1v) is 6.51. The first kappa shape index (κ1) is 14.5. The second-order valence-corrected chi connectivity index (χ2v) is 4.85. The highest BCUT2D eigenvalue weighted by molar-refractivity contribution is 6.33. The number of amidine groups is 1. The number of nitrogens with zero attached hydrogens (tertiary/aromatic N) is 1. The zero-order chi connectivity index (χ0) is 14.5. The normalized spacial score (nSPS) is 11.4. The summed E-state index contributed by atoms with van der Waals surface area (Å²) >= 11 is 12.0. The van der Waals surface area contributed by atoms with Gasteiger partial charge < -0.3 is 15.7 Å². The van der Waals surface area contributed by atoms with E-state index in [4.69, 9.17) is 38.9 Å². The Bertz CT molecular complexity index is 645. The molecule has 0 fully saturated rings. The molecule has 0 saturated heterocycles. The molecule has 0 radical (unpaired) electrons. The Kier molecular flexibility index (Phi) is 4.71. The molecule has 2 rings (SSSR count). The smallest absolute Gasteiger partial charge is 0.173 e. The van der Waals surface area contributed by atoms with Crippen LogP contribution >= 0.6 is 23.2 Å². The van der Waals surface area contributed by atoms with E-state index in [1.54, 1.807) is 42.5 Å². The molecule has 2 aromatic rings. The third kappa shape index (κ3) is 3.35. The highest BCUT2D eigenvalue weighted by Gasteiger charge is 2.09. The van der Waals surface area contributed by atoms with Crippen molar-refractivity contribution in [3.63, 3.8) is 0 Å². The number of hydrogen-bond acceptors (Lipinski definition) is 3. The van der Waals surface area contributed by atoms with Crippen molar-refractivity contribution in [2.45, 2.75) is 6.61 Å². The van der Waals surface area contributed by atoms with E-state index >= 15 is 0 Å². The topological polar surface area (TPSA) is 67.8 Å². The van der Waals surface area contributed by atoms with Crippen molar-refractivity contribution in [2.24, 2.45) is 10.9 Å². The van der Waals surface area contributed by atoms with Gasteiger partial charge in [0, 0.05) is 15.6 Å². The van der Waals surface area contributed by atoms with Crippen LogP contribution in [-0.2, 0) is 6.61 Å². The van der Waals surface area contributed by atoms with Crippen molar-refractivity contribution in [3.8, 4) is 5.75 Å². The van der Waals surface area contributed by atoms with Crippen LogP contribution in [-0.4, -0.2) is 11.0 Å². The molecule has 2 aromatic carbocycles. The van der Waals surface area contributed by atoms with Crippen LogP contribution in [0.4, 0.5) is 0 Å². The largest absolute Gasteiger partial charge is 0.488 e. The Morgan fingerprint density at radius 3 is 2.70 bits per heavy atom. The van der Waals surface area contributed by atoms with E-state index in [-0.39, 0.29) is 12.4 Å². The van der Waals surface area contributed by atoms with Gasteiger partial charge >= 0.3 is 0 Å². The minimum atomic E-state index is -0.0159. The summed E-state index contributed by atoms with van der Waals surface area (Å²) in [5.74, 6) is 0.483. The van der Waals surface area contributed by atoms with Gasteiger partial charge in [-0.05, 0) is 30.3 Å². The van der Waals surface area contributed by atoms with Gasteiger partial charge in [-0.15, -0.1) is 0 Å². The van der Waals surface area contributed by atoms with Crippen LogP contribution in [0.15, 0.2) is 47.6 Å². The number of benzene rings is 2. The molecular weight excluding hydrogens is 299 g/mol. The van der Waals surface area contributed by atoms with Gasteiger partial charge in [0.15, 0.2) is 5.84 Å². The van der Waals surface area contributed by atoms with Crippen LogP contribution in [0, 0.1) is 0 Å². The molecule has 0 atom stereocenters. The summed E-state index contributed by atoms with van der Waals surface area (Å²) in [6.45, 7) is 0.231. The maximum Gasteiger partial charge on any atom is 0.173 e. The van der Waals surface area contributed by atoms with Gasteiger partial charge in [0.05, 0.1) is 5.56 Å². The lowest BCUT2D eigenvalue weighted by Gasteiger charge is -2.11. The summed E-state index contributed by atoms with van der Waals surface area (Å²) in [7, 11) is 0. The highest BCUT2D eigenvalue weighted by atomic mass is 35.5. The van der Waals surface area contributed by atoms with Gasteiger partial charge in [0.2, 0.25) is 0 Å². The Morgan fingerprint density at radius 1 is 1.20 bits per heavy atom. The van der Waals surface area contributed by atoms with E-state index in [0.717, 1.165) is 5.56 Å². The van der Waals surface area contributed by atoms with Crippen LogP contribution in [0.5, 0.6) is 5.75 Å². The SMILES string of the molecule is NC(=NO)c1ccccc1OCc1cc(Cl)ccc1Cl. The van der Waals surface area contributed by atoms with Crippen LogP contribution in [0.3, 0.4) is 0 Å². The monoisotopic (exact) mass is 310 g/mol. The van der Waals surface area contributed by atoms with E-state index in [2.05, 4.69) is 5.16 Å². The van der Waals surface area contributed by atoms with Gasteiger partial charge in [-0.3, -0.25) is 0 Å². The molecule has 3 N–H and O–H groups in total. The predicted octanol–water partition coefficient (Wildman–Crippen LogP) is 3.67. The van der Waals surface area contributed by atoms with Gasteiger partial charge in [0.25, 0.3) is 0 Å². The second kappa shape index (κ2) is 6.50. The molecule has 6 heteroatoms. The summed E-state index contributed by atoms with van der Waals surface area (Å²) in [5, 5.41) is 12.9. The molecule has 0 aliphatic heterocycles. The van der Waals surface area contributed by atoms with Crippen LogP contribution < -0.4 is 10.5 Å². The van der Waals surface area contributed by atoms with E-state index in [9.17, 15) is 0 Å².